The van der Waals surface area contributed by atoms with Crippen LogP contribution < -0.4 is 4.90 Å². The predicted molar refractivity (Wildman–Crippen MR) is 135 cm³/mol. The van der Waals surface area contributed by atoms with Crippen LogP contribution in [0, 0.1) is 6.92 Å². The van der Waals surface area contributed by atoms with Crippen molar-refractivity contribution in [2.75, 3.05) is 11.4 Å². The van der Waals surface area contributed by atoms with Gasteiger partial charge < -0.3 is 4.90 Å². The van der Waals surface area contributed by atoms with Crippen molar-refractivity contribution in [2.24, 2.45) is 0 Å². The minimum atomic E-state index is -3.94. The quantitative estimate of drug-likeness (QED) is 0.405. The highest BCUT2D eigenvalue weighted by Gasteiger charge is 2.35. The summed E-state index contributed by atoms with van der Waals surface area (Å²) in [4.78, 5) is 15.3. The van der Waals surface area contributed by atoms with Crippen LogP contribution in [-0.2, 0) is 27.8 Å². The van der Waals surface area contributed by atoms with Gasteiger partial charge in [-0.05, 0) is 67.8 Å². The predicted octanol–water partition coefficient (Wildman–Crippen LogP) is 5.58. The highest BCUT2D eigenvalue weighted by molar-refractivity contribution is 9.10. The Morgan fingerprint density at radius 3 is 2.52 bits per heavy atom. The van der Waals surface area contributed by atoms with Crippen LogP contribution in [0.4, 0.5) is 5.69 Å². The lowest BCUT2D eigenvalue weighted by molar-refractivity contribution is -0.119. The Labute approximate surface area is 208 Å². The highest BCUT2D eigenvalue weighted by atomic mass is 79.9. The Hall–Kier alpha value is -2.19. The van der Waals surface area contributed by atoms with Crippen LogP contribution in [0.2, 0.25) is 5.02 Å². The Kier molecular flexibility index (Phi) is 6.96. The minimum Gasteiger partial charge on any atom is -0.308 e. The van der Waals surface area contributed by atoms with Gasteiger partial charge in [-0.3, -0.25) is 4.79 Å². The molecule has 0 spiro atoms. The number of aryl methyl sites for hydroxylation is 1. The summed E-state index contributed by atoms with van der Waals surface area (Å²) in [7, 11) is -3.94. The van der Waals surface area contributed by atoms with E-state index in [1.165, 1.54) is 4.31 Å². The van der Waals surface area contributed by atoms with E-state index in [2.05, 4.69) is 15.9 Å². The highest BCUT2D eigenvalue weighted by Crippen LogP contribution is 2.34. The van der Waals surface area contributed by atoms with Gasteiger partial charge >= 0.3 is 0 Å². The monoisotopic (exact) mass is 546 g/mol. The van der Waals surface area contributed by atoms with Gasteiger partial charge in [-0.25, -0.2) is 8.42 Å². The number of hydrogen-bond acceptors (Lipinski definition) is 3. The van der Waals surface area contributed by atoms with E-state index in [9.17, 15) is 13.2 Å². The van der Waals surface area contributed by atoms with Crippen molar-refractivity contribution < 1.29 is 13.2 Å². The molecule has 4 rings (SSSR count). The van der Waals surface area contributed by atoms with E-state index >= 15 is 0 Å². The second-order valence-electron chi connectivity index (χ2n) is 8.27. The number of fused-ring (bicyclic) bond motifs is 1. The standard InChI is InChI=1S/C25H24BrClN2O3S/c1-17-7-10-22(11-8-17)33(31,32)28(15-19-5-3-4-6-23(19)27)16-25(30)29-18(2)13-20-14-21(26)9-12-24(20)29/h3-12,14,18H,13,15-16H2,1-2H3/t18-/m1/s1. The molecule has 0 unspecified atom stereocenters. The number of amides is 1. The van der Waals surface area contributed by atoms with Gasteiger partial charge in [-0.2, -0.15) is 4.31 Å². The fourth-order valence-corrected chi connectivity index (χ4v) is 6.08. The first-order valence-corrected chi connectivity index (χ1v) is 13.2. The molecule has 5 nitrogen and oxygen atoms in total. The lowest BCUT2D eigenvalue weighted by atomic mass is 10.1. The molecule has 8 heteroatoms. The summed E-state index contributed by atoms with van der Waals surface area (Å²) in [5, 5.41) is 0.457. The van der Waals surface area contributed by atoms with Crippen molar-refractivity contribution >= 4 is 49.1 Å². The largest absolute Gasteiger partial charge is 0.308 e. The van der Waals surface area contributed by atoms with Crippen molar-refractivity contribution in [1.29, 1.82) is 0 Å². The van der Waals surface area contributed by atoms with E-state index < -0.39 is 10.0 Å². The van der Waals surface area contributed by atoms with Crippen LogP contribution in [0.5, 0.6) is 0 Å². The molecule has 3 aromatic rings. The van der Waals surface area contributed by atoms with E-state index in [-0.39, 0.29) is 29.9 Å². The van der Waals surface area contributed by atoms with E-state index in [1.807, 2.05) is 32.0 Å². The summed E-state index contributed by atoms with van der Waals surface area (Å²) in [6.07, 6.45) is 0.718. The van der Waals surface area contributed by atoms with Gasteiger partial charge in [0.05, 0.1) is 11.4 Å². The Morgan fingerprint density at radius 2 is 1.82 bits per heavy atom. The molecule has 0 N–H and O–H groups in total. The molecule has 1 amide bonds. The topological polar surface area (TPSA) is 57.7 Å². The molecule has 172 valence electrons. The summed E-state index contributed by atoms with van der Waals surface area (Å²) in [5.41, 5.74) is 3.48. The van der Waals surface area contributed by atoms with Crippen molar-refractivity contribution in [1.82, 2.24) is 4.31 Å². The zero-order chi connectivity index (χ0) is 23.8. The van der Waals surface area contributed by atoms with E-state index in [0.29, 0.717) is 10.6 Å². The molecule has 0 fully saturated rings. The van der Waals surface area contributed by atoms with Gasteiger partial charge in [0.15, 0.2) is 0 Å². The van der Waals surface area contributed by atoms with Crippen LogP contribution in [0.1, 0.15) is 23.6 Å². The SMILES string of the molecule is Cc1ccc(S(=O)(=O)N(CC(=O)N2c3ccc(Br)cc3C[C@H]2C)Cc2ccccc2Cl)cc1. The van der Waals surface area contributed by atoms with Crippen LogP contribution in [0.15, 0.2) is 76.1 Å². The van der Waals surface area contributed by atoms with Gasteiger partial charge in [0.1, 0.15) is 0 Å². The number of sulfonamides is 1. The normalized spacial score (nSPS) is 15.7. The van der Waals surface area contributed by atoms with E-state index in [4.69, 9.17) is 11.6 Å². The lowest BCUT2D eigenvalue weighted by Gasteiger charge is -2.28. The maximum atomic E-state index is 13.6. The maximum Gasteiger partial charge on any atom is 0.243 e. The first kappa shape index (κ1) is 24.0. The van der Waals surface area contributed by atoms with Gasteiger partial charge in [-0.1, -0.05) is 63.4 Å². The number of carbonyl (C=O) groups excluding carboxylic acids is 1. The van der Waals surface area contributed by atoms with E-state index in [0.717, 1.165) is 27.7 Å². The van der Waals surface area contributed by atoms with Gasteiger partial charge in [-0.15, -0.1) is 0 Å². The first-order chi connectivity index (χ1) is 15.7. The second kappa shape index (κ2) is 9.58. The molecule has 3 aromatic carbocycles. The number of rotatable bonds is 6. The molecule has 1 heterocycles. The molecule has 1 aliphatic heterocycles. The average Bonchev–Trinajstić information content (AvgIpc) is 3.09. The molecule has 1 aliphatic rings. The fourth-order valence-electron chi connectivity index (χ4n) is 4.11. The van der Waals surface area contributed by atoms with Gasteiger partial charge in [0.25, 0.3) is 0 Å². The third-order valence-corrected chi connectivity index (χ3v) is 8.47. The summed E-state index contributed by atoms with van der Waals surface area (Å²) < 4.78 is 29.3. The molecule has 0 aromatic heterocycles. The molecule has 33 heavy (non-hydrogen) atoms. The van der Waals surface area contributed by atoms with Crippen LogP contribution in [-0.4, -0.2) is 31.2 Å². The van der Waals surface area contributed by atoms with E-state index in [1.54, 1.807) is 53.4 Å². The Balaban J connectivity index is 1.69. The number of nitrogens with zero attached hydrogens (tertiary/aromatic N) is 2. The zero-order valence-corrected chi connectivity index (χ0v) is 21.5. The van der Waals surface area contributed by atoms with Crippen molar-refractivity contribution in [3.63, 3.8) is 0 Å². The zero-order valence-electron chi connectivity index (χ0n) is 18.3. The fraction of sp³-hybridized carbons (Fsp3) is 0.240. The second-order valence-corrected chi connectivity index (χ2v) is 11.5. The molecule has 0 aliphatic carbocycles. The Morgan fingerprint density at radius 1 is 1.12 bits per heavy atom. The summed E-state index contributed by atoms with van der Waals surface area (Å²) in [6.45, 7) is 3.57. The molecule has 0 bridgehead atoms. The molecular weight excluding hydrogens is 524 g/mol. The van der Waals surface area contributed by atoms with Crippen molar-refractivity contribution in [3.8, 4) is 0 Å². The Bertz CT molecular complexity index is 1300. The van der Waals surface area contributed by atoms with Gasteiger partial charge in [0, 0.05) is 27.8 Å². The van der Waals surface area contributed by atoms with Crippen LogP contribution in [0.3, 0.4) is 0 Å². The van der Waals surface area contributed by atoms with Crippen LogP contribution >= 0.6 is 27.5 Å². The molecule has 0 radical (unpaired) electrons. The maximum absolute atomic E-state index is 13.6. The van der Waals surface area contributed by atoms with Crippen molar-refractivity contribution in [3.05, 3.63) is 92.9 Å². The third-order valence-electron chi connectivity index (χ3n) is 5.80. The lowest BCUT2D eigenvalue weighted by Crippen LogP contribution is -2.44. The summed E-state index contributed by atoms with van der Waals surface area (Å²) in [5.74, 6) is -0.272. The number of anilines is 1. The number of benzene rings is 3. The molecule has 1 atom stereocenters. The molecule has 0 saturated heterocycles. The number of carbonyl (C=O) groups is 1. The number of hydrogen-bond donors (Lipinski definition) is 0. The minimum absolute atomic E-state index is 0.00294. The smallest absolute Gasteiger partial charge is 0.243 e. The van der Waals surface area contributed by atoms with Gasteiger partial charge in [0.2, 0.25) is 15.9 Å². The molecular formula is C25H24BrClN2O3S. The summed E-state index contributed by atoms with van der Waals surface area (Å²) >= 11 is 9.81. The van der Waals surface area contributed by atoms with Crippen molar-refractivity contribution in [2.45, 2.75) is 37.8 Å². The first-order valence-electron chi connectivity index (χ1n) is 10.6. The average molecular weight is 548 g/mol. The molecule has 0 saturated carbocycles. The third kappa shape index (κ3) is 5.01. The summed E-state index contributed by atoms with van der Waals surface area (Å²) in [6, 6.07) is 19.4. The van der Waals surface area contributed by atoms with Crippen LogP contribution in [0.25, 0.3) is 0 Å². The number of halogens is 2.